The molecule has 1 amide bonds. The minimum absolute atomic E-state index is 0.0903. The third-order valence-electron chi connectivity index (χ3n) is 5.29. The molecule has 1 unspecified atom stereocenters. The van der Waals surface area contributed by atoms with Gasteiger partial charge in [-0.25, -0.2) is 4.98 Å². The van der Waals surface area contributed by atoms with Crippen molar-refractivity contribution >= 4 is 29.9 Å². The summed E-state index contributed by atoms with van der Waals surface area (Å²) in [5.41, 5.74) is 3.77. The first-order valence-corrected chi connectivity index (χ1v) is 15.5. The minimum Gasteiger partial charge on any atom is -0.372 e. The second kappa shape index (κ2) is 12.9. The number of carbonyl (C=O) groups excluding carboxylic acids is 1. The molecule has 0 aliphatic heterocycles. The Labute approximate surface area is 211 Å². The Hall–Kier alpha value is -2.67. The van der Waals surface area contributed by atoms with Gasteiger partial charge in [-0.2, -0.15) is 0 Å². The van der Waals surface area contributed by atoms with Gasteiger partial charge < -0.3 is 9.64 Å². The van der Waals surface area contributed by atoms with E-state index in [1.54, 1.807) is 0 Å². The van der Waals surface area contributed by atoms with Crippen molar-refractivity contribution in [3.05, 3.63) is 66.9 Å². The summed E-state index contributed by atoms with van der Waals surface area (Å²) in [4.78, 5) is 23.8. The van der Waals surface area contributed by atoms with Crippen LogP contribution in [0.25, 0.3) is 22.5 Å². The molecular formula is C26H35N4O3PS. The summed E-state index contributed by atoms with van der Waals surface area (Å²) >= 11 is 0. The van der Waals surface area contributed by atoms with E-state index < -0.39 is 9.74 Å². The number of hydrogen-bond donors (Lipinski definition) is 2. The predicted molar refractivity (Wildman–Crippen MR) is 149 cm³/mol. The van der Waals surface area contributed by atoms with E-state index in [0.29, 0.717) is 6.61 Å². The third-order valence-corrected chi connectivity index (χ3v) is 6.37. The van der Waals surface area contributed by atoms with Crippen LogP contribution in [0.4, 0.5) is 5.82 Å². The number of ether oxygens (including phenoxy) is 1. The average Bonchev–Trinajstić information content (AvgIpc) is 2.83. The second-order valence-electron chi connectivity index (χ2n) is 8.73. The van der Waals surface area contributed by atoms with Crippen molar-refractivity contribution in [3.63, 3.8) is 0 Å². The number of carbonyl (C=O) groups is 1. The summed E-state index contributed by atoms with van der Waals surface area (Å²) in [5.74, 6) is 0.467. The summed E-state index contributed by atoms with van der Waals surface area (Å²) in [7, 11) is -0.518. The van der Waals surface area contributed by atoms with Crippen LogP contribution in [-0.2, 0) is 19.3 Å². The number of aromatic nitrogens is 2. The minimum atomic E-state index is -2.67. The molecule has 0 radical (unpaired) electrons. The Morgan fingerprint density at radius 1 is 1.03 bits per heavy atom. The number of unbranched alkanes of at least 4 members (excludes halogenated alkanes) is 1. The van der Waals surface area contributed by atoms with Gasteiger partial charge >= 0.3 is 0 Å². The van der Waals surface area contributed by atoms with Crippen LogP contribution in [0, 0.1) is 0 Å². The van der Waals surface area contributed by atoms with Gasteiger partial charge in [-0.1, -0.05) is 60.7 Å². The van der Waals surface area contributed by atoms with Crippen molar-refractivity contribution in [2.45, 2.75) is 32.7 Å². The summed E-state index contributed by atoms with van der Waals surface area (Å²) in [6.45, 7) is 5.44. The Kier molecular flexibility index (Phi) is 9.90. The van der Waals surface area contributed by atoms with E-state index in [4.69, 9.17) is 14.7 Å². The van der Waals surface area contributed by atoms with E-state index in [1.807, 2.05) is 42.6 Å². The molecule has 0 saturated heterocycles. The largest absolute Gasteiger partial charge is 0.372 e. The van der Waals surface area contributed by atoms with Crippen LogP contribution in [0.3, 0.4) is 0 Å². The summed E-state index contributed by atoms with van der Waals surface area (Å²) in [6.07, 6.45) is 5.00. The number of nitrogens with zero attached hydrogens (tertiary/aromatic N) is 3. The van der Waals surface area contributed by atoms with Gasteiger partial charge in [0, 0.05) is 36.6 Å². The number of amides is 1. The van der Waals surface area contributed by atoms with Gasteiger partial charge in [0.05, 0.1) is 17.6 Å². The molecule has 1 heterocycles. The maximum Gasteiger partial charge on any atom is 0.256 e. The average molecular weight is 515 g/mol. The number of anilines is 1. The zero-order valence-electron chi connectivity index (χ0n) is 20.6. The Bertz CT molecular complexity index is 1140. The lowest BCUT2D eigenvalue weighted by atomic mass is 10.0. The molecule has 3 rings (SSSR count). The van der Waals surface area contributed by atoms with Crippen LogP contribution in [0.15, 0.2) is 66.9 Å². The van der Waals surface area contributed by atoms with Crippen molar-refractivity contribution in [2.75, 3.05) is 30.9 Å². The van der Waals surface area contributed by atoms with Crippen LogP contribution >= 0.6 is 8.44 Å². The standard InChI is InChI=1S/C26H35N4O3PS/c1-20(2)30(16-10-11-17-33-19-24(31)29-35(3,32)34)23-18-27-25(21-12-6-4-7-13-21)26(28-23)22-14-8-5-9-15-22/h4-9,12-15,18,20,35H,10-11,16-17,19,34H2,1-3H3,(H,29,31,32). The topological polar surface area (TPSA) is 84.4 Å². The van der Waals surface area contributed by atoms with E-state index in [0.717, 1.165) is 47.7 Å². The van der Waals surface area contributed by atoms with Gasteiger partial charge in [0.25, 0.3) is 5.91 Å². The van der Waals surface area contributed by atoms with E-state index in [9.17, 15) is 9.00 Å². The quantitative estimate of drug-likeness (QED) is 0.213. The zero-order chi connectivity index (χ0) is 25.3. The monoisotopic (exact) mass is 514 g/mol. The van der Waals surface area contributed by atoms with Gasteiger partial charge in [0.15, 0.2) is 0 Å². The number of nitrogens with one attached hydrogen (secondary N) is 1. The smallest absolute Gasteiger partial charge is 0.256 e. The Morgan fingerprint density at radius 3 is 2.20 bits per heavy atom. The normalized spacial score (nSPS) is 11.9. The van der Waals surface area contributed by atoms with Gasteiger partial charge in [0.2, 0.25) is 0 Å². The van der Waals surface area contributed by atoms with E-state index in [-0.39, 0.29) is 18.6 Å². The third kappa shape index (κ3) is 8.49. The maximum atomic E-state index is 11.7. The summed E-state index contributed by atoms with van der Waals surface area (Å²) in [6, 6.07) is 20.5. The zero-order valence-corrected chi connectivity index (χ0v) is 22.6. The molecule has 1 atom stereocenters. The first-order chi connectivity index (χ1) is 16.7. The van der Waals surface area contributed by atoms with Crippen LogP contribution in [0.1, 0.15) is 26.7 Å². The van der Waals surface area contributed by atoms with Crippen molar-refractivity contribution in [3.8, 4) is 22.5 Å². The molecule has 3 aromatic rings. The van der Waals surface area contributed by atoms with Crippen LogP contribution in [0.5, 0.6) is 0 Å². The van der Waals surface area contributed by atoms with Crippen LogP contribution in [0.2, 0.25) is 0 Å². The van der Waals surface area contributed by atoms with Crippen molar-refractivity contribution in [2.24, 2.45) is 0 Å². The van der Waals surface area contributed by atoms with Crippen molar-refractivity contribution in [1.82, 2.24) is 14.7 Å². The maximum absolute atomic E-state index is 11.7. The highest BCUT2D eigenvalue weighted by Crippen LogP contribution is 2.31. The summed E-state index contributed by atoms with van der Waals surface area (Å²) in [5, 5.41) is 0. The van der Waals surface area contributed by atoms with Crippen molar-refractivity contribution in [1.29, 1.82) is 0 Å². The molecule has 7 nitrogen and oxygen atoms in total. The molecule has 2 aromatic carbocycles. The lowest BCUT2D eigenvalue weighted by molar-refractivity contribution is -0.123. The summed E-state index contributed by atoms with van der Waals surface area (Å²) < 4.78 is 19.5. The lowest BCUT2D eigenvalue weighted by Gasteiger charge is -2.28. The van der Waals surface area contributed by atoms with Crippen LogP contribution < -0.4 is 9.62 Å². The van der Waals surface area contributed by atoms with E-state index in [1.165, 1.54) is 6.26 Å². The van der Waals surface area contributed by atoms with Gasteiger partial charge in [-0.05, 0) is 44.9 Å². The van der Waals surface area contributed by atoms with Crippen LogP contribution in [-0.4, -0.2) is 52.1 Å². The second-order valence-corrected chi connectivity index (χ2v) is 13.9. The number of thiol groups is 1. The van der Waals surface area contributed by atoms with Gasteiger partial charge in [0.1, 0.15) is 12.4 Å². The predicted octanol–water partition coefficient (Wildman–Crippen LogP) is 4.29. The number of rotatable bonds is 12. The first-order valence-electron chi connectivity index (χ1n) is 11.7. The van der Waals surface area contributed by atoms with Gasteiger partial charge in [-0.15, -0.1) is 0 Å². The first kappa shape index (κ1) is 26.9. The molecule has 0 aliphatic rings. The Morgan fingerprint density at radius 2 is 1.63 bits per heavy atom. The molecule has 1 aromatic heterocycles. The Balaban J connectivity index is 1.68. The fourth-order valence-electron chi connectivity index (χ4n) is 3.69. The molecule has 0 aliphatic carbocycles. The van der Waals surface area contributed by atoms with E-state index in [2.05, 4.69) is 56.2 Å². The van der Waals surface area contributed by atoms with Gasteiger partial charge in [-0.3, -0.25) is 18.7 Å². The molecule has 9 heteroatoms. The molecule has 35 heavy (non-hydrogen) atoms. The van der Waals surface area contributed by atoms with E-state index >= 15 is 0 Å². The molecular weight excluding hydrogens is 479 g/mol. The molecule has 0 fully saturated rings. The highest BCUT2D eigenvalue weighted by atomic mass is 32.8. The molecule has 0 spiro atoms. The fourth-order valence-corrected chi connectivity index (χ4v) is 4.68. The fraction of sp³-hybridized carbons (Fsp3) is 0.346. The highest BCUT2D eigenvalue weighted by molar-refractivity contribution is 8.44. The van der Waals surface area contributed by atoms with Crippen molar-refractivity contribution < 1.29 is 13.7 Å². The molecule has 0 bridgehead atoms. The number of benzene rings is 2. The molecule has 0 saturated carbocycles. The SMILES string of the molecule is CC(C)N(CCCCOCC(=O)N[SH](C)(=O)P)c1cnc(-c2ccccc2)c(-c2ccccc2)n1. The lowest BCUT2D eigenvalue weighted by Crippen LogP contribution is -2.34. The molecule has 1 N–H and O–H groups in total. The number of hydrogen-bond acceptors (Lipinski definition) is 6. The molecule has 188 valence electrons. The highest BCUT2D eigenvalue weighted by Gasteiger charge is 2.17.